The van der Waals surface area contributed by atoms with Gasteiger partial charge in [0.15, 0.2) is 0 Å². The van der Waals surface area contributed by atoms with Crippen molar-refractivity contribution in [2.45, 2.75) is 0 Å². The molecule has 0 aliphatic carbocycles. The minimum atomic E-state index is 0.630. The zero-order valence-electron chi connectivity index (χ0n) is 13.3. The molecule has 0 fully saturated rings. The minimum Gasteiger partial charge on any atom is -0.497 e. The second-order valence-corrected chi connectivity index (χ2v) is 5.76. The number of aromatic nitrogens is 2. The molecule has 7 heteroatoms. The lowest BCUT2D eigenvalue weighted by Gasteiger charge is -1.99. The third kappa shape index (κ3) is 3.88. The third-order valence-corrected chi connectivity index (χ3v) is 4.13. The van der Waals surface area contributed by atoms with Crippen LogP contribution in [0.25, 0.3) is 10.6 Å². The Labute approximate surface area is 143 Å². The number of rotatable bonds is 6. The normalized spacial score (nSPS) is 10.8. The third-order valence-electron chi connectivity index (χ3n) is 3.25. The molecular weight excluding hydrogens is 324 g/mol. The maximum absolute atomic E-state index is 5.15. The van der Waals surface area contributed by atoms with Crippen molar-refractivity contribution in [2.24, 2.45) is 5.10 Å². The van der Waals surface area contributed by atoms with Gasteiger partial charge in [-0.3, -0.25) is 5.43 Å². The first-order chi connectivity index (χ1) is 11.8. The van der Waals surface area contributed by atoms with Gasteiger partial charge in [0.1, 0.15) is 16.5 Å². The molecule has 0 amide bonds. The summed E-state index contributed by atoms with van der Waals surface area (Å²) in [6, 6.07) is 15.3. The van der Waals surface area contributed by atoms with Crippen molar-refractivity contribution in [3.8, 4) is 22.1 Å². The predicted molar refractivity (Wildman–Crippen MR) is 96.1 cm³/mol. The van der Waals surface area contributed by atoms with E-state index in [1.165, 1.54) is 11.3 Å². The van der Waals surface area contributed by atoms with Gasteiger partial charge in [-0.25, -0.2) is 0 Å². The molecule has 3 rings (SSSR count). The molecule has 1 N–H and O–H groups in total. The van der Waals surface area contributed by atoms with Crippen molar-refractivity contribution in [3.05, 3.63) is 54.1 Å². The fourth-order valence-electron chi connectivity index (χ4n) is 1.97. The zero-order valence-corrected chi connectivity index (χ0v) is 14.1. The first kappa shape index (κ1) is 15.9. The topological polar surface area (TPSA) is 68.6 Å². The van der Waals surface area contributed by atoms with Gasteiger partial charge < -0.3 is 9.47 Å². The molecule has 0 radical (unpaired) electrons. The molecular formula is C17H16N4O2S. The van der Waals surface area contributed by atoms with E-state index in [1.807, 2.05) is 48.5 Å². The lowest BCUT2D eigenvalue weighted by molar-refractivity contribution is 0.414. The van der Waals surface area contributed by atoms with Gasteiger partial charge in [0.25, 0.3) is 0 Å². The van der Waals surface area contributed by atoms with Crippen LogP contribution >= 0.6 is 11.3 Å². The van der Waals surface area contributed by atoms with Gasteiger partial charge in [0.2, 0.25) is 5.13 Å². The van der Waals surface area contributed by atoms with Crippen molar-refractivity contribution in [1.82, 2.24) is 10.2 Å². The highest BCUT2D eigenvalue weighted by Gasteiger charge is 2.06. The average molecular weight is 340 g/mol. The molecule has 0 saturated carbocycles. The van der Waals surface area contributed by atoms with E-state index in [4.69, 9.17) is 9.47 Å². The van der Waals surface area contributed by atoms with Crippen LogP contribution in [0.3, 0.4) is 0 Å². The fraction of sp³-hybridized carbons (Fsp3) is 0.118. The predicted octanol–water partition coefficient (Wildman–Crippen LogP) is 3.67. The van der Waals surface area contributed by atoms with E-state index in [9.17, 15) is 0 Å². The van der Waals surface area contributed by atoms with Gasteiger partial charge in [-0.15, -0.1) is 10.2 Å². The SMILES string of the molecule is COc1ccc(/C=N/Nc2nnc(-c3ccc(OC)cc3)s2)cc1. The maximum atomic E-state index is 5.15. The molecule has 0 saturated heterocycles. The minimum absolute atomic E-state index is 0.630. The molecule has 0 bridgehead atoms. The Hall–Kier alpha value is -2.93. The lowest BCUT2D eigenvalue weighted by atomic mass is 10.2. The maximum Gasteiger partial charge on any atom is 0.226 e. The van der Waals surface area contributed by atoms with Crippen LogP contribution in [0, 0.1) is 0 Å². The molecule has 0 unspecified atom stereocenters. The van der Waals surface area contributed by atoms with Gasteiger partial charge in [-0.1, -0.05) is 11.3 Å². The Morgan fingerprint density at radius 2 is 1.54 bits per heavy atom. The summed E-state index contributed by atoms with van der Waals surface area (Å²) in [5.41, 5.74) is 4.84. The average Bonchev–Trinajstić information content (AvgIpc) is 3.11. The number of nitrogens with one attached hydrogen (secondary N) is 1. The zero-order chi connectivity index (χ0) is 16.8. The molecule has 3 aromatic rings. The van der Waals surface area contributed by atoms with Crippen molar-refractivity contribution >= 4 is 22.7 Å². The standard InChI is InChI=1S/C17H16N4O2S/c1-22-14-7-3-12(4-8-14)11-18-20-17-21-19-16(24-17)13-5-9-15(23-2)10-6-13/h3-11H,1-2H3,(H,20,21)/b18-11+. The van der Waals surface area contributed by atoms with Gasteiger partial charge in [0, 0.05) is 5.56 Å². The fourth-order valence-corrected chi connectivity index (χ4v) is 2.67. The van der Waals surface area contributed by atoms with Gasteiger partial charge in [-0.2, -0.15) is 5.10 Å². The highest BCUT2D eigenvalue weighted by Crippen LogP contribution is 2.27. The van der Waals surface area contributed by atoms with E-state index in [2.05, 4.69) is 20.7 Å². The molecule has 24 heavy (non-hydrogen) atoms. The summed E-state index contributed by atoms with van der Waals surface area (Å²) in [5, 5.41) is 13.9. The smallest absolute Gasteiger partial charge is 0.226 e. The summed E-state index contributed by atoms with van der Waals surface area (Å²) in [4.78, 5) is 0. The van der Waals surface area contributed by atoms with Crippen molar-refractivity contribution in [2.75, 3.05) is 19.6 Å². The first-order valence-electron chi connectivity index (χ1n) is 7.19. The van der Waals surface area contributed by atoms with Crippen LogP contribution in [0.5, 0.6) is 11.5 Å². The molecule has 0 aliphatic rings. The number of hydrazone groups is 1. The molecule has 0 atom stereocenters. The molecule has 0 aliphatic heterocycles. The molecule has 1 heterocycles. The molecule has 1 aromatic heterocycles. The second-order valence-electron chi connectivity index (χ2n) is 4.78. The molecule has 6 nitrogen and oxygen atoms in total. The van der Waals surface area contributed by atoms with Crippen molar-refractivity contribution < 1.29 is 9.47 Å². The van der Waals surface area contributed by atoms with Crippen LogP contribution < -0.4 is 14.9 Å². The number of ether oxygens (including phenoxy) is 2. The van der Waals surface area contributed by atoms with E-state index in [0.717, 1.165) is 27.6 Å². The van der Waals surface area contributed by atoms with Crippen LogP contribution in [0.15, 0.2) is 53.6 Å². The Morgan fingerprint density at radius 3 is 2.17 bits per heavy atom. The first-order valence-corrected chi connectivity index (χ1v) is 8.01. The van der Waals surface area contributed by atoms with Crippen molar-refractivity contribution in [3.63, 3.8) is 0 Å². The molecule has 122 valence electrons. The summed E-state index contributed by atoms with van der Waals surface area (Å²) < 4.78 is 10.3. The van der Waals surface area contributed by atoms with E-state index < -0.39 is 0 Å². The second kappa shape index (κ2) is 7.56. The van der Waals surface area contributed by atoms with E-state index in [1.54, 1.807) is 20.4 Å². The monoisotopic (exact) mass is 340 g/mol. The Kier molecular flexibility index (Phi) is 5.02. The van der Waals surface area contributed by atoms with E-state index in [0.29, 0.717) is 5.13 Å². The summed E-state index contributed by atoms with van der Waals surface area (Å²) in [6.45, 7) is 0. The Balaban J connectivity index is 1.63. The molecule has 2 aromatic carbocycles. The summed E-state index contributed by atoms with van der Waals surface area (Å²) in [7, 11) is 3.28. The summed E-state index contributed by atoms with van der Waals surface area (Å²) in [5.74, 6) is 1.62. The quantitative estimate of drug-likeness (QED) is 0.548. The largest absolute Gasteiger partial charge is 0.497 e. The van der Waals surface area contributed by atoms with Gasteiger partial charge in [0.05, 0.1) is 20.4 Å². The van der Waals surface area contributed by atoms with Gasteiger partial charge in [-0.05, 0) is 54.1 Å². The van der Waals surface area contributed by atoms with Crippen molar-refractivity contribution in [1.29, 1.82) is 0 Å². The van der Waals surface area contributed by atoms with Crippen LogP contribution in [0.2, 0.25) is 0 Å². The summed E-state index contributed by atoms with van der Waals surface area (Å²) in [6.07, 6.45) is 1.72. The summed E-state index contributed by atoms with van der Waals surface area (Å²) >= 11 is 1.43. The van der Waals surface area contributed by atoms with Crippen LogP contribution in [0.1, 0.15) is 5.56 Å². The number of hydrogen-bond acceptors (Lipinski definition) is 7. The number of nitrogens with zero attached hydrogens (tertiary/aromatic N) is 3. The van der Waals surface area contributed by atoms with Gasteiger partial charge >= 0.3 is 0 Å². The lowest BCUT2D eigenvalue weighted by Crippen LogP contribution is -1.90. The van der Waals surface area contributed by atoms with Crippen LogP contribution in [0.4, 0.5) is 5.13 Å². The number of anilines is 1. The number of benzene rings is 2. The Bertz CT molecular complexity index is 813. The van der Waals surface area contributed by atoms with Crippen LogP contribution in [-0.2, 0) is 0 Å². The number of hydrogen-bond donors (Lipinski definition) is 1. The number of methoxy groups -OCH3 is 2. The van der Waals surface area contributed by atoms with E-state index >= 15 is 0 Å². The van der Waals surface area contributed by atoms with E-state index in [-0.39, 0.29) is 0 Å². The Morgan fingerprint density at radius 1 is 0.917 bits per heavy atom. The van der Waals surface area contributed by atoms with Crippen LogP contribution in [-0.4, -0.2) is 30.6 Å². The highest BCUT2D eigenvalue weighted by molar-refractivity contribution is 7.18. The highest BCUT2D eigenvalue weighted by atomic mass is 32.1. The molecule has 0 spiro atoms.